The second-order valence-electron chi connectivity index (χ2n) is 6.72. The first-order valence-electron chi connectivity index (χ1n) is 7.26. The number of carbonyl (C=O) groups is 2. The summed E-state index contributed by atoms with van der Waals surface area (Å²) in [6, 6.07) is 3.94. The Bertz CT molecular complexity index is 634. The molecule has 1 aliphatic rings. The van der Waals surface area contributed by atoms with Crippen LogP contribution in [0.1, 0.15) is 39.2 Å². The predicted molar refractivity (Wildman–Crippen MR) is 80.8 cm³/mol. The molecule has 1 atom stereocenters. The fraction of sp³-hybridized carbons (Fsp3) is 0.500. The van der Waals surface area contributed by atoms with Gasteiger partial charge in [-0.2, -0.15) is 0 Å². The van der Waals surface area contributed by atoms with Gasteiger partial charge in [0.2, 0.25) is 0 Å². The topological polar surface area (TPSA) is 95.9 Å². The fourth-order valence-electron chi connectivity index (χ4n) is 2.48. The van der Waals surface area contributed by atoms with Gasteiger partial charge in [-0.1, -0.05) is 6.07 Å². The lowest BCUT2D eigenvalue weighted by atomic mass is 9.89. The zero-order chi connectivity index (χ0) is 17.4. The zero-order valence-electron chi connectivity index (χ0n) is 13.2. The van der Waals surface area contributed by atoms with Crippen LogP contribution in [-0.2, 0) is 14.9 Å². The standard InChI is InChI=1S/C16H20FNO5/c1-15(2,3)23-14(22)18-9-4-5-10(11(17)8-9)16(6-7-16)12(19)13(20)21/h4-5,8,12,19H,6-7H2,1-3H3,(H,18,22)(H,20,21). The molecule has 1 saturated carbocycles. The normalized spacial score (nSPS) is 17.3. The number of benzene rings is 1. The molecule has 23 heavy (non-hydrogen) atoms. The SMILES string of the molecule is CC(C)(C)OC(=O)Nc1ccc(C2(C(O)C(=O)O)CC2)c(F)c1. The van der Waals surface area contributed by atoms with Crippen LogP contribution in [-0.4, -0.2) is 34.0 Å². The van der Waals surface area contributed by atoms with Crippen molar-refractivity contribution in [2.45, 2.75) is 50.7 Å². The van der Waals surface area contributed by atoms with Crippen molar-refractivity contribution in [2.24, 2.45) is 0 Å². The Balaban J connectivity index is 2.16. The molecule has 1 amide bonds. The van der Waals surface area contributed by atoms with E-state index in [9.17, 15) is 19.1 Å². The average Bonchev–Trinajstić information content (AvgIpc) is 3.16. The van der Waals surface area contributed by atoms with Crippen LogP contribution in [0.2, 0.25) is 0 Å². The number of carboxylic acids is 1. The highest BCUT2D eigenvalue weighted by atomic mass is 19.1. The molecule has 3 N–H and O–H groups in total. The lowest BCUT2D eigenvalue weighted by Crippen LogP contribution is -2.34. The van der Waals surface area contributed by atoms with Gasteiger partial charge in [0.1, 0.15) is 11.4 Å². The number of ether oxygens (including phenoxy) is 1. The number of carbonyl (C=O) groups excluding carboxylic acids is 1. The van der Waals surface area contributed by atoms with E-state index in [2.05, 4.69) is 5.32 Å². The molecule has 1 aliphatic carbocycles. The van der Waals surface area contributed by atoms with Gasteiger partial charge in [0.05, 0.1) is 0 Å². The molecule has 0 spiro atoms. The monoisotopic (exact) mass is 325 g/mol. The van der Waals surface area contributed by atoms with E-state index in [-0.39, 0.29) is 11.3 Å². The van der Waals surface area contributed by atoms with E-state index in [1.807, 2.05) is 0 Å². The third-order valence-electron chi connectivity index (χ3n) is 3.70. The molecular formula is C16H20FNO5. The summed E-state index contributed by atoms with van der Waals surface area (Å²) in [5.74, 6) is -2.05. The minimum atomic E-state index is -1.65. The number of aliphatic hydroxyl groups excluding tert-OH is 1. The highest BCUT2D eigenvalue weighted by molar-refractivity contribution is 5.85. The number of hydrogen-bond donors (Lipinski definition) is 3. The van der Waals surface area contributed by atoms with E-state index in [1.54, 1.807) is 20.8 Å². The molecule has 0 radical (unpaired) electrons. The van der Waals surface area contributed by atoms with E-state index in [4.69, 9.17) is 9.84 Å². The molecule has 0 aliphatic heterocycles. The summed E-state index contributed by atoms with van der Waals surface area (Å²) in [6.45, 7) is 5.13. The van der Waals surface area contributed by atoms with Crippen molar-refractivity contribution in [3.63, 3.8) is 0 Å². The minimum absolute atomic E-state index is 0.141. The largest absolute Gasteiger partial charge is 0.479 e. The number of halogens is 1. The van der Waals surface area contributed by atoms with Crippen LogP contribution in [0.4, 0.5) is 14.9 Å². The summed E-state index contributed by atoms with van der Waals surface area (Å²) in [7, 11) is 0. The summed E-state index contributed by atoms with van der Waals surface area (Å²) in [6.07, 6.45) is -1.56. The van der Waals surface area contributed by atoms with Gasteiger partial charge in [-0.3, -0.25) is 5.32 Å². The highest BCUT2D eigenvalue weighted by Crippen LogP contribution is 2.52. The molecular weight excluding hydrogens is 305 g/mol. The van der Waals surface area contributed by atoms with Gasteiger partial charge in [-0.25, -0.2) is 14.0 Å². The summed E-state index contributed by atoms with van der Waals surface area (Å²) in [5, 5.41) is 21.1. The van der Waals surface area contributed by atoms with Gasteiger partial charge >= 0.3 is 12.1 Å². The first-order valence-corrected chi connectivity index (χ1v) is 7.26. The summed E-state index contributed by atoms with van der Waals surface area (Å²) in [5.41, 5.74) is -1.42. The lowest BCUT2D eigenvalue weighted by Gasteiger charge is -2.21. The van der Waals surface area contributed by atoms with Gasteiger partial charge in [0, 0.05) is 11.1 Å². The molecule has 1 aromatic rings. The summed E-state index contributed by atoms with van der Waals surface area (Å²) >= 11 is 0. The maximum Gasteiger partial charge on any atom is 0.412 e. The smallest absolute Gasteiger partial charge is 0.412 e. The van der Waals surface area contributed by atoms with Crippen LogP contribution < -0.4 is 5.32 Å². The van der Waals surface area contributed by atoms with Crippen molar-refractivity contribution >= 4 is 17.7 Å². The Morgan fingerprint density at radius 2 is 1.96 bits per heavy atom. The van der Waals surface area contributed by atoms with E-state index >= 15 is 0 Å². The maximum absolute atomic E-state index is 14.3. The first kappa shape index (κ1) is 17.2. The number of anilines is 1. The Morgan fingerprint density at radius 3 is 2.39 bits per heavy atom. The number of aliphatic hydroxyl groups is 1. The molecule has 0 saturated heterocycles. The van der Waals surface area contributed by atoms with Crippen LogP contribution in [0.3, 0.4) is 0 Å². The van der Waals surface area contributed by atoms with Crippen LogP contribution >= 0.6 is 0 Å². The number of amides is 1. The average molecular weight is 325 g/mol. The molecule has 7 heteroatoms. The van der Waals surface area contributed by atoms with Crippen LogP contribution in [0.25, 0.3) is 0 Å². The fourth-order valence-corrected chi connectivity index (χ4v) is 2.48. The first-order chi connectivity index (χ1) is 10.5. The number of aliphatic carboxylic acids is 1. The minimum Gasteiger partial charge on any atom is -0.479 e. The second-order valence-corrected chi connectivity index (χ2v) is 6.72. The lowest BCUT2D eigenvalue weighted by molar-refractivity contribution is -0.148. The quantitative estimate of drug-likeness (QED) is 0.791. The number of carboxylic acid groups (broad SMARTS) is 1. The maximum atomic E-state index is 14.3. The molecule has 1 aromatic carbocycles. The zero-order valence-corrected chi connectivity index (χ0v) is 13.2. The molecule has 2 rings (SSSR count). The highest BCUT2D eigenvalue weighted by Gasteiger charge is 2.54. The number of rotatable bonds is 4. The van der Waals surface area contributed by atoms with Crippen molar-refractivity contribution in [3.8, 4) is 0 Å². The van der Waals surface area contributed by atoms with Crippen molar-refractivity contribution in [2.75, 3.05) is 5.32 Å². The van der Waals surface area contributed by atoms with Crippen molar-refractivity contribution < 1.29 is 28.9 Å². The van der Waals surface area contributed by atoms with Crippen LogP contribution in [0.5, 0.6) is 0 Å². The Labute approximate surface area is 133 Å². The van der Waals surface area contributed by atoms with Gasteiger partial charge in [-0.15, -0.1) is 0 Å². The van der Waals surface area contributed by atoms with Gasteiger partial charge in [0.25, 0.3) is 0 Å². The summed E-state index contributed by atoms with van der Waals surface area (Å²) < 4.78 is 19.4. The molecule has 0 bridgehead atoms. The van der Waals surface area contributed by atoms with Crippen LogP contribution in [0, 0.1) is 5.82 Å². The van der Waals surface area contributed by atoms with Gasteiger partial charge < -0.3 is 14.9 Å². The van der Waals surface area contributed by atoms with Crippen LogP contribution in [0.15, 0.2) is 18.2 Å². The van der Waals surface area contributed by atoms with E-state index in [0.29, 0.717) is 12.8 Å². The molecule has 1 fully saturated rings. The van der Waals surface area contributed by atoms with Crippen molar-refractivity contribution in [3.05, 3.63) is 29.6 Å². The van der Waals surface area contributed by atoms with Gasteiger partial charge in [0.15, 0.2) is 6.10 Å². The van der Waals surface area contributed by atoms with Crippen molar-refractivity contribution in [1.82, 2.24) is 0 Å². The number of nitrogens with one attached hydrogen (secondary N) is 1. The predicted octanol–water partition coefficient (Wildman–Crippen LogP) is 2.65. The Kier molecular flexibility index (Phi) is 4.34. The summed E-state index contributed by atoms with van der Waals surface area (Å²) in [4.78, 5) is 22.6. The molecule has 1 unspecified atom stereocenters. The molecule has 0 aromatic heterocycles. The molecule has 6 nitrogen and oxygen atoms in total. The third kappa shape index (κ3) is 3.79. The van der Waals surface area contributed by atoms with E-state index in [0.717, 1.165) is 6.07 Å². The molecule has 0 heterocycles. The number of hydrogen-bond acceptors (Lipinski definition) is 4. The van der Waals surface area contributed by atoms with E-state index < -0.39 is 35.0 Å². The van der Waals surface area contributed by atoms with Gasteiger partial charge in [-0.05, 0) is 51.3 Å². The Morgan fingerprint density at radius 1 is 1.35 bits per heavy atom. The second kappa shape index (κ2) is 5.81. The Hall–Kier alpha value is -2.15. The van der Waals surface area contributed by atoms with E-state index in [1.165, 1.54) is 12.1 Å². The molecule has 126 valence electrons. The van der Waals surface area contributed by atoms with Crippen molar-refractivity contribution in [1.29, 1.82) is 0 Å². The third-order valence-corrected chi connectivity index (χ3v) is 3.70.